The maximum atomic E-state index is 12.9. The van der Waals surface area contributed by atoms with E-state index in [0.29, 0.717) is 25.2 Å². The SMILES string of the molecule is CCNC(=O)[C@@H]1C[C@H](N)CN1S(=O)(=O)c1cnn(CC)c1C. The normalized spacial score (nSPS) is 22.9. The van der Waals surface area contributed by atoms with Gasteiger partial charge in [-0.05, 0) is 27.2 Å². The number of carbonyl (C=O) groups excluding carboxylic acids is 1. The van der Waals surface area contributed by atoms with E-state index >= 15 is 0 Å². The van der Waals surface area contributed by atoms with Crippen LogP contribution in [-0.4, -0.2) is 53.6 Å². The first-order valence-electron chi connectivity index (χ1n) is 7.40. The monoisotopic (exact) mass is 329 g/mol. The molecule has 8 nitrogen and oxygen atoms in total. The van der Waals surface area contributed by atoms with Crippen LogP contribution in [0.1, 0.15) is 26.0 Å². The molecule has 1 aromatic rings. The predicted molar refractivity (Wildman–Crippen MR) is 81.6 cm³/mol. The second-order valence-electron chi connectivity index (χ2n) is 5.39. The van der Waals surface area contributed by atoms with E-state index in [1.165, 1.54) is 10.5 Å². The van der Waals surface area contributed by atoms with Crippen molar-refractivity contribution in [3.8, 4) is 0 Å². The van der Waals surface area contributed by atoms with E-state index < -0.39 is 16.1 Å². The van der Waals surface area contributed by atoms with Gasteiger partial charge in [-0.3, -0.25) is 9.48 Å². The number of carbonyl (C=O) groups is 1. The van der Waals surface area contributed by atoms with Crippen molar-refractivity contribution in [1.29, 1.82) is 0 Å². The Hall–Kier alpha value is -1.45. The molecule has 1 saturated heterocycles. The molecule has 1 aromatic heterocycles. The molecular weight excluding hydrogens is 306 g/mol. The largest absolute Gasteiger partial charge is 0.355 e. The van der Waals surface area contributed by atoms with Gasteiger partial charge in [0.25, 0.3) is 0 Å². The third-order valence-corrected chi connectivity index (χ3v) is 5.86. The van der Waals surface area contributed by atoms with Gasteiger partial charge >= 0.3 is 0 Å². The molecule has 0 spiro atoms. The van der Waals surface area contributed by atoms with Crippen LogP contribution < -0.4 is 11.1 Å². The zero-order chi connectivity index (χ0) is 16.5. The lowest BCUT2D eigenvalue weighted by molar-refractivity contribution is -0.124. The Morgan fingerprint density at radius 1 is 1.50 bits per heavy atom. The van der Waals surface area contributed by atoms with Crippen molar-refractivity contribution in [1.82, 2.24) is 19.4 Å². The van der Waals surface area contributed by atoms with E-state index in [2.05, 4.69) is 10.4 Å². The molecular formula is C13H23N5O3S. The fourth-order valence-corrected chi connectivity index (χ4v) is 4.58. The van der Waals surface area contributed by atoms with Gasteiger partial charge in [0.15, 0.2) is 0 Å². The van der Waals surface area contributed by atoms with E-state index in [4.69, 9.17) is 5.73 Å². The maximum absolute atomic E-state index is 12.9. The predicted octanol–water partition coefficient (Wildman–Crippen LogP) is -0.562. The number of nitrogens with two attached hydrogens (primary N) is 1. The highest BCUT2D eigenvalue weighted by Gasteiger charge is 2.43. The molecule has 2 atom stereocenters. The first-order chi connectivity index (χ1) is 10.3. The average Bonchev–Trinajstić information content (AvgIpc) is 3.02. The Bertz CT molecular complexity index is 655. The summed E-state index contributed by atoms with van der Waals surface area (Å²) in [5, 5.41) is 6.75. The highest BCUT2D eigenvalue weighted by molar-refractivity contribution is 7.89. The number of aryl methyl sites for hydroxylation is 1. The summed E-state index contributed by atoms with van der Waals surface area (Å²) in [5.41, 5.74) is 6.45. The smallest absolute Gasteiger partial charge is 0.247 e. The fourth-order valence-electron chi connectivity index (χ4n) is 2.76. The molecule has 1 aliphatic rings. The summed E-state index contributed by atoms with van der Waals surface area (Å²) in [6, 6.07) is -1.10. The van der Waals surface area contributed by atoms with Gasteiger partial charge < -0.3 is 11.1 Å². The van der Waals surface area contributed by atoms with E-state index in [-0.39, 0.29) is 23.4 Å². The molecule has 124 valence electrons. The molecule has 1 aliphatic heterocycles. The number of hydrogen-bond acceptors (Lipinski definition) is 5. The lowest BCUT2D eigenvalue weighted by Crippen LogP contribution is -2.45. The van der Waals surface area contributed by atoms with Crippen LogP contribution in [0.15, 0.2) is 11.1 Å². The average molecular weight is 329 g/mol. The van der Waals surface area contributed by atoms with Gasteiger partial charge in [0, 0.05) is 25.7 Å². The topological polar surface area (TPSA) is 110 Å². The van der Waals surface area contributed by atoms with Gasteiger partial charge in [0.2, 0.25) is 15.9 Å². The highest BCUT2D eigenvalue weighted by Crippen LogP contribution is 2.27. The van der Waals surface area contributed by atoms with Gasteiger partial charge in [-0.1, -0.05) is 0 Å². The third kappa shape index (κ3) is 2.88. The van der Waals surface area contributed by atoms with E-state index in [1.807, 2.05) is 6.92 Å². The van der Waals surface area contributed by atoms with E-state index in [9.17, 15) is 13.2 Å². The molecule has 9 heteroatoms. The summed E-state index contributed by atoms with van der Waals surface area (Å²) < 4.78 is 28.6. The summed E-state index contributed by atoms with van der Waals surface area (Å²) in [7, 11) is -3.79. The molecule has 2 rings (SSSR count). The van der Waals surface area contributed by atoms with Gasteiger partial charge in [0.05, 0.1) is 11.9 Å². The summed E-state index contributed by atoms with van der Waals surface area (Å²) in [5.74, 6) is -0.306. The molecule has 1 fully saturated rings. The summed E-state index contributed by atoms with van der Waals surface area (Å²) in [6.45, 7) is 6.56. The molecule has 1 amide bonds. The molecule has 3 N–H and O–H groups in total. The van der Waals surface area contributed by atoms with Crippen molar-refractivity contribution in [2.75, 3.05) is 13.1 Å². The maximum Gasteiger partial charge on any atom is 0.247 e. The lowest BCUT2D eigenvalue weighted by Gasteiger charge is -2.22. The number of nitrogens with zero attached hydrogens (tertiary/aromatic N) is 3. The van der Waals surface area contributed by atoms with Crippen LogP contribution in [0.25, 0.3) is 0 Å². The van der Waals surface area contributed by atoms with Gasteiger partial charge in [-0.15, -0.1) is 0 Å². The number of amides is 1. The number of hydrogen-bond donors (Lipinski definition) is 2. The van der Waals surface area contributed by atoms with Crippen LogP contribution >= 0.6 is 0 Å². The Morgan fingerprint density at radius 3 is 2.73 bits per heavy atom. The summed E-state index contributed by atoms with van der Waals surface area (Å²) in [6.07, 6.45) is 1.67. The molecule has 0 aromatic carbocycles. The lowest BCUT2D eigenvalue weighted by atomic mass is 10.2. The van der Waals surface area contributed by atoms with Crippen LogP contribution in [0.5, 0.6) is 0 Å². The van der Waals surface area contributed by atoms with E-state index in [1.54, 1.807) is 18.5 Å². The zero-order valence-electron chi connectivity index (χ0n) is 13.1. The van der Waals surface area contributed by atoms with Crippen LogP contribution in [-0.2, 0) is 21.4 Å². The number of sulfonamides is 1. The zero-order valence-corrected chi connectivity index (χ0v) is 13.9. The Kier molecular flexibility index (Phi) is 4.88. The third-order valence-electron chi connectivity index (χ3n) is 3.89. The standard InChI is InChI=1S/C13H23N5O3S/c1-4-15-13(19)11-6-10(14)8-18(11)22(20,21)12-7-16-17(5-2)9(12)3/h7,10-11H,4-6,8,14H2,1-3H3,(H,15,19)/t10-,11-/m0/s1. The first-order valence-corrected chi connectivity index (χ1v) is 8.84. The minimum Gasteiger partial charge on any atom is -0.355 e. The van der Waals surface area contributed by atoms with Crippen LogP contribution in [0, 0.1) is 6.92 Å². The number of aromatic nitrogens is 2. The first kappa shape index (κ1) is 16.9. The van der Waals surface area contributed by atoms with E-state index in [0.717, 1.165) is 0 Å². The number of likely N-dealkylation sites (N-methyl/N-ethyl adjacent to an activating group) is 1. The molecule has 0 radical (unpaired) electrons. The van der Waals surface area contributed by atoms with Gasteiger partial charge in [-0.2, -0.15) is 9.40 Å². The Labute approximate surface area is 130 Å². The molecule has 0 aliphatic carbocycles. The minimum absolute atomic E-state index is 0.137. The second-order valence-corrected chi connectivity index (χ2v) is 7.25. The van der Waals surface area contributed by atoms with Gasteiger partial charge in [-0.25, -0.2) is 8.42 Å². The summed E-state index contributed by atoms with van der Waals surface area (Å²) in [4.78, 5) is 12.3. The van der Waals surface area contributed by atoms with Crippen LogP contribution in [0.4, 0.5) is 0 Å². The fraction of sp³-hybridized carbons (Fsp3) is 0.692. The van der Waals surface area contributed by atoms with Crippen LogP contribution in [0.3, 0.4) is 0 Å². The Balaban J connectivity index is 2.38. The number of rotatable bonds is 5. The minimum atomic E-state index is -3.79. The van der Waals surface area contributed by atoms with Crippen molar-refractivity contribution in [3.05, 3.63) is 11.9 Å². The van der Waals surface area contributed by atoms with Crippen molar-refractivity contribution in [2.24, 2.45) is 5.73 Å². The molecule has 0 saturated carbocycles. The highest BCUT2D eigenvalue weighted by atomic mass is 32.2. The molecule has 0 bridgehead atoms. The van der Waals surface area contributed by atoms with Crippen LogP contribution in [0.2, 0.25) is 0 Å². The number of nitrogens with one attached hydrogen (secondary N) is 1. The van der Waals surface area contributed by atoms with Crippen molar-refractivity contribution in [2.45, 2.75) is 50.7 Å². The quantitative estimate of drug-likeness (QED) is 0.752. The van der Waals surface area contributed by atoms with Gasteiger partial charge in [0.1, 0.15) is 10.9 Å². The molecule has 2 heterocycles. The molecule has 22 heavy (non-hydrogen) atoms. The molecule has 0 unspecified atom stereocenters. The van der Waals surface area contributed by atoms with Crippen molar-refractivity contribution in [3.63, 3.8) is 0 Å². The second kappa shape index (κ2) is 6.35. The summed E-state index contributed by atoms with van der Waals surface area (Å²) >= 11 is 0. The van der Waals surface area contributed by atoms with Crippen molar-refractivity contribution < 1.29 is 13.2 Å². The Morgan fingerprint density at radius 2 is 2.18 bits per heavy atom. The van der Waals surface area contributed by atoms with Crippen molar-refractivity contribution >= 4 is 15.9 Å².